The summed E-state index contributed by atoms with van der Waals surface area (Å²) < 4.78 is 4.97. The Balaban J connectivity index is 1.83. The Morgan fingerprint density at radius 3 is 2.50 bits per heavy atom. The Kier molecular flexibility index (Phi) is 6.84. The van der Waals surface area contributed by atoms with Crippen molar-refractivity contribution in [2.24, 2.45) is 0 Å². The van der Waals surface area contributed by atoms with E-state index in [9.17, 15) is 14.4 Å². The van der Waals surface area contributed by atoms with Crippen LogP contribution in [0.3, 0.4) is 0 Å². The first-order chi connectivity index (χ1) is 11.6. The number of rotatable bonds is 6. The molecule has 2 saturated heterocycles. The maximum atomic E-state index is 12.4. The molecule has 24 heavy (non-hydrogen) atoms. The van der Waals surface area contributed by atoms with Crippen molar-refractivity contribution >= 4 is 17.8 Å². The summed E-state index contributed by atoms with van der Waals surface area (Å²) in [4.78, 5) is 41.5. The molecule has 2 heterocycles. The van der Waals surface area contributed by atoms with E-state index in [4.69, 9.17) is 4.74 Å². The molecule has 0 spiro atoms. The molecule has 0 aliphatic carbocycles. The first-order valence-electron chi connectivity index (χ1n) is 8.70. The van der Waals surface area contributed by atoms with Crippen LogP contribution in [0.25, 0.3) is 0 Å². The normalized spacial score (nSPS) is 19.8. The molecule has 4 amide bonds. The third-order valence-corrected chi connectivity index (χ3v) is 4.63. The average Bonchev–Trinajstić information content (AvgIpc) is 2.61. The van der Waals surface area contributed by atoms with Gasteiger partial charge in [0.25, 0.3) is 0 Å². The van der Waals surface area contributed by atoms with Crippen molar-refractivity contribution in [3.8, 4) is 0 Å². The topological polar surface area (TPSA) is 82.2 Å². The van der Waals surface area contributed by atoms with Gasteiger partial charge in [0.1, 0.15) is 0 Å². The molecular formula is C16H28N4O4. The van der Waals surface area contributed by atoms with Crippen LogP contribution in [0.4, 0.5) is 4.79 Å². The number of methoxy groups -OCH3 is 1. The van der Waals surface area contributed by atoms with Crippen LogP contribution in [0.2, 0.25) is 0 Å². The molecule has 0 saturated carbocycles. The lowest BCUT2D eigenvalue weighted by atomic mass is 10.0. The second-order valence-corrected chi connectivity index (χ2v) is 6.23. The van der Waals surface area contributed by atoms with Crippen molar-refractivity contribution in [2.45, 2.75) is 32.2 Å². The van der Waals surface area contributed by atoms with E-state index in [0.717, 1.165) is 19.3 Å². The number of nitrogens with one attached hydrogen (secondary N) is 1. The molecule has 8 heteroatoms. The minimum absolute atomic E-state index is 0.0397. The highest BCUT2D eigenvalue weighted by molar-refractivity contribution is 6.35. The van der Waals surface area contributed by atoms with E-state index in [1.807, 2.05) is 6.92 Å². The zero-order chi connectivity index (χ0) is 17.5. The Labute approximate surface area is 143 Å². The standard InChI is InChI=1S/C16H28N4O4/c1-3-6-17-16(23)19-7-4-13(5-8-19)20-10-9-18(11-12-24-2)14(21)15(20)22/h13H,3-12H2,1-2H3,(H,17,23). The van der Waals surface area contributed by atoms with Crippen molar-refractivity contribution < 1.29 is 19.1 Å². The second-order valence-electron chi connectivity index (χ2n) is 6.23. The third kappa shape index (κ3) is 4.37. The summed E-state index contributed by atoms with van der Waals surface area (Å²) in [6.45, 7) is 5.91. The first-order valence-corrected chi connectivity index (χ1v) is 8.70. The monoisotopic (exact) mass is 340 g/mol. The second kappa shape index (κ2) is 8.86. The highest BCUT2D eigenvalue weighted by Gasteiger charge is 2.37. The molecule has 0 bridgehead atoms. The lowest BCUT2D eigenvalue weighted by Gasteiger charge is -2.42. The van der Waals surface area contributed by atoms with E-state index in [1.165, 1.54) is 0 Å². The Morgan fingerprint density at radius 2 is 1.88 bits per heavy atom. The van der Waals surface area contributed by atoms with Crippen LogP contribution in [-0.4, -0.2) is 91.6 Å². The van der Waals surface area contributed by atoms with Gasteiger partial charge in [0, 0.05) is 52.4 Å². The fourth-order valence-electron chi connectivity index (χ4n) is 3.18. The van der Waals surface area contributed by atoms with Crippen LogP contribution in [0.1, 0.15) is 26.2 Å². The summed E-state index contributed by atoms with van der Waals surface area (Å²) >= 11 is 0. The number of nitrogens with zero attached hydrogens (tertiary/aromatic N) is 3. The van der Waals surface area contributed by atoms with E-state index in [0.29, 0.717) is 45.9 Å². The van der Waals surface area contributed by atoms with Crippen molar-refractivity contribution in [3.05, 3.63) is 0 Å². The molecule has 0 aromatic carbocycles. The van der Waals surface area contributed by atoms with E-state index in [-0.39, 0.29) is 12.1 Å². The number of piperazine rings is 1. The van der Waals surface area contributed by atoms with Gasteiger partial charge in [-0.2, -0.15) is 0 Å². The SMILES string of the molecule is CCCNC(=O)N1CCC(N2CCN(CCOC)C(=O)C2=O)CC1. The zero-order valence-electron chi connectivity index (χ0n) is 14.6. The van der Waals surface area contributed by atoms with E-state index in [1.54, 1.807) is 21.8 Å². The number of ether oxygens (including phenoxy) is 1. The molecule has 2 rings (SSSR count). The largest absolute Gasteiger partial charge is 0.383 e. The summed E-state index contributed by atoms with van der Waals surface area (Å²) in [6, 6.07) is 0.00309. The smallest absolute Gasteiger partial charge is 0.317 e. The predicted octanol–water partition coefficient (Wildman–Crippen LogP) is -0.112. The molecule has 0 unspecified atom stereocenters. The van der Waals surface area contributed by atoms with Crippen LogP contribution >= 0.6 is 0 Å². The Bertz CT molecular complexity index is 463. The van der Waals surface area contributed by atoms with Gasteiger partial charge < -0.3 is 24.8 Å². The number of likely N-dealkylation sites (tertiary alicyclic amines) is 1. The van der Waals surface area contributed by atoms with Crippen LogP contribution in [0, 0.1) is 0 Å². The van der Waals surface area contributed by atoms with E-state index in [2.05, 4.69) is 5.32 Å². The first kappa shape index (κ1) is 18.5. The van der Waals surface area contributed by atoms with Gasteiger partial charge in [-0.25, -0.2) is 4.79 Å². The summed E-state index contributed by atoms with van der Waals surface area (Å²) in [7, 11) is 1.58. The number of carbonyl (C=O) groups excluding carboxylic acids is 3. The zero-order valence-corrected chi connectivity index (χ0v) is 14.6. The maximum Gasteiger partial charge on any atom is 0.317 e. The van der Waals surface area contributed by atoms with Gasteiger partial charge in [-0.3, -0.25) is 9.59 Å². The number of piperidine rings is 1. The van der Waals surface area contributed by atoms with Crippen molar-refractivity contribution in [1.82, 2.24) is 20.0 Å². The van der Waals surface area contributed by atoms with Crippen molar-refractivity contribution in [1.29, 1.82) is 0 Å². The fourth-order valence-corrected chi connectivity index (χ4v) is 3.18. The third-order valence-electron chi connectivity index (χ3n) is 4.63. The number of amides is 4. The van der Waals surface area contributed by atoms with Gasteiger partial charge in [-0.15, -0.1) is 0 Å². The predicted molar refractivity (Wildman–Crippen MR) is 88.5 cm³/mol. The summed E-state index contributed by atoms with van der Waals surface area (Å²) in [5, 5.41) is 2.87. The van der Waals surface area contributed by atoms with Gasteiger partial charge in [0.15, 0.2) is 0 Å². The van der Waals surface area contributed by atoms with Crippen molar-refractivity contribution in [2.75, 3.05) is 53.0 Å². The maximum absolute atomic E-state index is 12.4. The van der Waals surface area contributed by atoms with Crippen LogP contribution in [-0.2, 0) is 14.3 Å². The number of hydrogen-bond acceptors (Lipinski definition) is 4. The van der Waals surface area contributed by atoms with Gasteiger partial charge in [0.05, 0.1) is 6.61 Å². The summed E-state index contributed by atoms with van der Waals surface area (Å²) in [5.41, 5.74) is 0. The Morgan fingerprint density at radius 1 is 1.17 bits per heavy atom. The van der Waals surface area contributed by atoms with E-state index >= 15 is 0 Å². The molecule has 8 nitrogen and oxygen atoms in total. The molecule has 0 aromatic heterocycles. The summed E-state index contributed by atoms with van der Waals surface area (Å²) in [5.74, 6) is -0.868. The lowest BCUT2D eigenvalue weighted by Crippen LogP contribution is -2.59. The van der Waals surface area contributed by atoms with Crippen molar-refractivity contribution in [3.63, 3.8) is 0 Å². The Hall–Kier alpha value is -1.83. The van der Waals surface area contributed by atoms with Gasteiger partial charge in [0.2, 0.25) is 0 Å². The molecule has 0 atom stereocenters. The minimum atomic E-state index is -0.443. The minimum Gasteiger partial charge on any atom is -0.383 e. The lowest BCUT2D eigenvalue weighted by molar-refractivity contribution is -0.158. The number of carbonyl (C=O) groups is 3. The van der Waals surface area contributed by atoms with E-state index < -0.39 is 11.8 Å². The molecule has 2 aliphatic heterocycles. The highest BCUT2D eigenvalue weighted by atomic mass is 16.5. The molecule has 2 aliphatic rings. The molecule has 0 radical (unpaired) electrons. The number of urea groups is 1. The van der Waals surface area contributed by atoms with Crippen LogP contribution < -0.4 is 5.32 Å². The van der Waals surface area contributed by atoms with Crippen LogP contribution in [0.5, 0.6) is 0 Å². The molecule has 136 valence electrons. The molecule has 1 N–H and O–H groups in total. The highest BCUT2D eigenvalue weighted by Crippen LogP contribution is 2.19. The van der Waals surface area contributed by atoms with Gasteiger partial charge >= 0.3 is 17.8 Å². The number of hydrogen-bond donors (Lipinski definition) is 1. The summed E-state index contributed by atoms with van der Waals surface area (Å²) in [6.07, 6.45) is 2.35. The quantitative estimate of drug-likeness (QED) is 0.684. The average molecular weight is 340 g/mol. The fraction of sp³-hybridized carbons (Fsp3) is 0.812. The molecule has 2 fully saturated rings. The molecular weight excluding hydrogens is 312 g/mol. The van der Waals surface area contributed by atoms with Gasteiger partial charge in [-0.05, 0) is 19.3 Å². The van der Waals surface area contributed by atoms with Crippen LogP contribution in [0.15, 0.2) is 0 Å². The van der Waals surface area contributed by atoms with Gasteiger partial charge in [-0.1, -0.05) is 6.92 Å². The molecule has 0 aromatic rings.